The summed E-state index contributed by atoms with van der Waals surface area (Å²) in [5.41, 5.74) is 8.56. The van der Waals surface area contributed by atoms with Crippen molar-refractivity contribution < 1.29 is 5.11 Å². The van der Waals surface area contributed by atoms with E-state index in [0.29, 0.717) is 0 Å². The number of hydrogen-bond donors (Lipinski definition) is 2. The van der Waals surface area contributed by atoms with Crippen LogP contribution in [0.25, 0.3) is 0 Å². The topological polar surface area (TPSA) is 49.5 Å². The summed E-state index contributed by atoms with van der Waals surface area (Å²) in [6.45, 7) is 2.11. The number of aliphatic hydroxyl groups excluding tert-OH is 1. The highest BCUT2D eigenvalue weighted by molar-refractivity contribution is 5.55. The third-order valence-corrected chi connectivity index (χ3v) is 4.35. The fourth-order valence-electron chi connectivity index (χ4n) is 3.06. The highest BCUT2D eigenvalue weighted by atomic mass is 16.3. The zero-order valence-corrected chi connectivity index (χ0v) is 12.0. The first-order valence-corrected chi connectivity index (χ1v) is 7.40. The first-order chi connectivity index (χ1) is 9.15. The second-order valence-electron chi connectivity index (χ2n) is 5.60. The molecule has 1 aromatic carbocycles. The molecule has 1 aromatic rings. The Morgan fingerprint density at radius 1 is 1.32 bits per heavy atom. The third-order valence-electron chi connectivity index (χ3n) is 4.35. The summed E-state index contributed by atoms with van der Waals surface area (Å²) in [7, 11) is 2.08. The maximum absolute atomic E-state index is 10.2. The monoisotopic (exact) mass is 262 g/mol. The predicted octanol–water partition coefficient (Wildman–Crippen LogP) is 2.84. The van der Waals surface area contributed by atoms with Crippen molar-refractivity contribution in [3.8, 4) is 0 Å². The van der Waals surface area contributed by atoms with E-state index >= 15 is 0 Å². The smallest absolute Gasteiger partial charge is 0.0743 e. The van der Waals surface area contributed by atoms with Gasteiger partial charge in [0.25, 0.3) is 0 Å². The highest BCUT2D eigenvalue weighted by Crippen LogP contribution is 2.31. The zero-order chi connectivity index (χ0) is 13.8. The molecule has 2 rings (SSSR count). The molecule has 0 aromatic heterocycles. The summed E-state index contributed by atoms with van der Waals surface area (Å²) in [5.74, 6) is 0. The standard InChI is InChI=1S/C16H26N2O/c1-3-13(17)12-8-4-5-9-14(12)18(2)15-10-6-7-11-16(15)19/h4-5,8-9,13,15-16,19H,3,6-7,10-11,17H2,1-2H3/t13-,15?,16?/m0/s1. The van der Waals surface area contributed by atoms with Crippen molar-refractivity contribution in [2.75, 3.05) is 11.9 Å². The number of hydrogen-bond acceptors (Lipinski definition) is 3. The van der Waals surface area contributed by atoms with E-state index in [-0.39, 0.29) is 18.2 Å². The molecule has 1 saturated carbocycles. The second-order valence-corrected chi connectivity index (χ2v) is 5.60. The van der Waals surface area contributed by atoms with Gasteiger partial charge in [-0.05, 0) is 30.9 Å². The molecule has 1 aliphatic carbocycles. The third kappa shape index (κ3) is 3.10. The van der Waals surface area contributed by atoms with Crippen LogP contribution in [0.15, 0.2) is 24.3 Å². The van der Waals surface area contributed by atoms with Crippen molar-refractivity contribution >= 4 is 5.69 Å². The van der Waals surface area contributed by atoms with E-state index in [1.165, 1.54) is 17.7 Å². The molecule has 1 aliphatic rings. The molecular weight excluding hydrogens is 236 g/mol. The minimum Gasteiger partial charge on any atom is -0.391 e. The van der Waals surface area contributed by atoms with Crippen molar-refractivity contribution in [3.05, 3.63) is 29.8 Å². The quantitative estimate of drug-likeness (QED) is 0.877. The number of anilines is 1. The molecule has 3 nitrogen and oxygen atoms in total. The van der Waals surface area contributed by atoms with Crippen molar-refractivity contribution in [1.82, 2.24) is 0 Å². The van der Waals surface area contributed by atoms with E-state index in [1.807, 2.05) is 12.1 Å². The molecule has 0 saturated heterocycles. The van der Waals surface area contributed by atoms with E-state index < -0.39 is 0 Å². The Kier molecular flexibility index (Phi) is 4.83. The van der Waals surface area contributed by atoms with Gasteiger partial charge in [-0.1, -0.05) is 38.0 Å². The van der Waals surface area contributed by atoms with Crippen molar-refractivity contribution in [2.24, 2.45) is 5.73 Å². The average molecular weight is 262 g/mol. The SMILES string of the molecule is CC[C@H](N)c1ccccc1N(C)C1CCCCC1O. The highest BCUT2D eigenvalue weighted by Gasteiger charge is 2.28. The summed E-state index contributed by atoms with van der Waals surface area (Å²) in [6, 6.07) is 8.60. The number of nitrogens with two attached hydrogens (primary N) is 1. The Morgan fingerprint density at radius 2 is 2.00 bits per heavy atom. The van der Waals surface area contributed by atoms with Gasteiger partial charge in [-0.25, -0.2) is 0 Å². The first kappa shape index (κ1) is 14.4. The second kappa shape index (κ2) is 6.40. The summed E-state index contributed by atoms with van der Waals surface area (Å²) in [4.78, 5) is 2.23. The lowest BCUT2D eigenvalue weighted by molar-refractivity contribution is 0.106. The fraction of sp³-hybridized carbons (Fsp3) is 0.625. The Balaban J connectivity index is 2.25. The van der Waals surface area contributed by atoms with Crippen molar-refractivity contribution in [2.45, 2.75) is 57.2 Å². The Labute approximate surface area is 116 Å². The summed E-state index contributed by atoms with van der Waals surface area (Å²) < 4.78 is 0. The van der Waals surface area contributed by atoms with Crippen molar-refractivity contribution in [3.63, 3.8) is 0 Å². The van der Waals surface area contributed by atoms with Crippen LogP contribution in [-0.2, 0) is 0 Å². The minimum absolute atomic E-state index is 0.0689. The molecule has 0 radical (unpaired) electrons. The molecule has 0 spiro atoms. The lowest BCUT2D eigenvalue weighted by atomic mass is 9.90. The Bertz CT molecular complexity index is 407. The van der Waals surface area contributed by atoms with E-state index in [4.69, 9.17) is 5.73 Å². The van der Waals surface area contributed by atoms with Gasteiger partial charge in [-0.15, -0.1) is 0 Å². The maximum Gasteiger partial charge on any atom is 0.0743 e. The molecule has 0 bridgehead atoms. The molecule has 1 fully saturated rings. The molecule has 3 N–H and O–H groups in total. The van der Waals surface area contributed by atoms with Crippen LogP contribution in [0, 0.1) is 0 Å². The molecule has 3 atom stereocenters. The van der Waals surface area contributed by atoms with Gasteiger partial charge in [0.2, 0.25) is 0 Å². The van der Waals surface area contributed by atoms with E-state index in [9.17, 15) is 5.11 Å². The number of likely N-dealkylation sites (N-methyl/N-ethyl adjacent to an activating group) is 1. The van der Waals surface area contributed by atoms with Crippen LogP contribution in [0.2, 0.25) is 0 Å². The van der Waals surface area contributed by atoms with Crippen LogP contribution in [-0.4, -0.2) is 24.3 Å². The minimum atomic E-state index is -0.218. The largest absolute Gasteiger partial charge is 0.391 e. The van der Waals surface area contributed by atoms with Gasteiger partial charge in [0, 0.05) is 18.8 Å². The summed E-state index contributed by atoms with van der Waals surface area (Å²) in [5, 5.41) is 10.2. The fourth-order valence-corrected chi connectivity index (χ4v) is 3.06. The van der Waals surface area contributed by atoms with Crippen molar-refractivity contribution in [1.29, 1.82) is 0 Å². The van der Waals surface area contributed by atoms with E-state index in [1.54, 1.807) is 0 Å². The van der Waals surface area contributed by atoms with Gasteiger partial charge in [0.05, 0.1) is 12.1 Å². The lowest BCUT2D eigenvalue weighted by Gasteiger charge is -2.38. The molecule has 0 heterocycles. The van der Waals surface area contributed by atoms with Crippen LogP contribution in [0.1, 0.15) is 50.6 Å². The molecule has 3 heteroatoms. The summed E-state index contributed by atoms with van der Waals surface area (Å²) >= 11 is 0. The Hall–Kier alpha value is -1.06. The molecule has 2 unspecified atom stereocenters. The summed E-state index contributed by atoms with van der Waals surface area (Å²) in [6.07, 6.45) is 5.03. The predicted molar refractivity (Wildman–Crippen MR) is 80.3 cm³/mol. The molecule has 0 aliphatic heterocycles. The first-order valence-electron chi connectivity index (χ1n) is 7.40. The van der Waals surface area contributed by atoms with Crippen LogP contribution in [0.3, 0.4) is 0 Å². The number of nitrogens with zero attached hydrogens (tertiary/aromatic N) is 1. The van der Waals surface area contributed by atoms with Gasteiger partial charge in [-0.2, -0.15) is 0 Å². The molecule has 19 heavy (non-hydrogen) atoms. The maximum atomic E-state index is 10.2. The van der Waals surface area contributed by atoms with Gasteiger partial charge in [-0.3, -0.25) is 0 Å². The van der Waals surface area contributed by atoms with Crippen LogP contribution >= 0.6 is 0 Å². The molecular formula is C16H26N2O. The molecule has 0 amide bonds. The van der Waals surface area contributed by atoms with Gasteiger partial charge in [0.1, 0.15) is 0 Å². The van der Waals surface area contributed by atoms with E-state index in [0.717, 1.165) is 25.7 Å². The lowest BCUT2D eigenvalue weighted by Crippen LogP contribution is -2.44. The molecule has 106 valence electrons. The van der Waals surface area contributed by atoms with Crippen LogP contribution < -0.4 is 10.6 Å². The van der Waals surface area contributed by atoms with Gasteiger partial charge in [0.15, 0.2) is 0 Å². The van der Waals surface area contributed by atoms with Crippen LogP contribution in [0.5, 0.6) is 0 Å². The zero-order valence-electron chi connectivity index (χ0n) is 12.0. The Morgan fingerprint density at radius 3 is 2.68 bits per heavy atom. The number of rotatable bonds is 4. The number of benzene rings is 1. The van der Waals surface area contributed by atoms with E-state index in [2.05, 4.69) is 31.0 Å². The van der Waals surface area contributed by atoms with Gasteiger partial charge < -0.3 is 15.7 Å². The average Bonchev–Trinajstić information content (AvgIpc) is 2.46. The normalized spacial score (nSPS) is 25.1. The number of para-hydroxylation sites is 1. The van der Waals surface area contributed by atoms with Gasteiger partial charge >= 0.3 is 0 Å². The van der Waals surface area contributed by atoms with Crippen LogP contribution in [0.4, 0.5) is 5.69 Å². The number of aliphatic hydroxyl groups is 1.